The maximum absolute atomic E-state index is 12.3. The second-order valence-corrected chi connectivity index (χ2v) is 5.80. The summed E-state index contributed by atoms with van der Waals surface area (Å²) in [5, 5.41) is 9.69. The maximum atomic E-state index is 12.3. The van der Waals surface area contributed by atoms with Crippen LogP contribution < -0.4 is 0 Å². The zero-order valence-electron chi connectivity index (χ0n) is 10.9. The van der Waals surface area contributed by atoms with Crippen LogP contribution in [0.3, 0.4) is 0 Å². The molecule has 0 saturated carbocycles. The summed E-state index contributed by atoms with van der Waals surface area (Å²) in [6, 6.07) is 5.17. The van der Waals surface area contributed by atoms with E-state index >= 15 is 0 Å². The minimum absolute atomic E-state index is 0.157. The lowest BCUT2D eigenvalue weighted by atomic mass is 9.90. The Balaban J connectivity index is 2.20. The molecule has 1 aromatic rings. The van der Waals surface area contributed by atoms with Crippen molar-refractivity contribution in [3.8, 4) is 0 Å². The molecule has 1 heterocycles. The molecule has 19 heavy (non-hydrogen) atoms. The number of aryl methyl sites for hydroxylation is 1. The van der Waals surface area contributed by atoms with Gasteiger partial charge in [0.2, 0.25) is 0 Å². The van der Waals surface area contributed by atoms with E-state index in [-0.39, 0.29) is 12.5 Å². The summed E-state index contributed by atoms with van der Waals surface area (Å²) in [6.45, 7) is 4.25. The van der Waals surface area contributed by atoms with Crippen LogP contribution in [0.4, 0.5) is 0 Å². The molecule has 1 aliphatic heterocycles. The molecule has 5 heteroatoms. The average Bonchev–Trinajstić information content (AvgIpc) is 2.71. The molecule has 1 N–H and O–H groups in total. The highest BCUT2D eigenvalue weighted by Crippen LogP contribution is 2.31. The molecule has 1 unspecified atom stereocenters. The number of carboxylic acids is 1. The Hall–Kier alpha value is -1.55. The minimum Gasteiger partial charge on any atom is -0.481 e. The van der Waals surface area contributed by atoms with Crippen LogP contribution in [0, 0.1) is 12.3 Å². The van der Waals surface area contributed by atoms with Gasteiger partial charge in [-0.15, -0.1) is 0 Å². The van der Waals surface area contributed by atoms with E-state index in [1.165, 1.54) is 0 Å². The van der Waals surface area contributed by atoms with Crippen molar-refractivity contribution in [3.63, 3.8) is 0 Å². The fourth-order valence-electron chi connectivity index (χ4n) is 2.35. The molecule has 1 atom stereocenters. The highest BCUT2D eigenvalue weighted by molar-refractivity contribution is 6.31. The number of amides is 1. The molecule has 0 radical (unpaired) electrons. The van der Waals surface area contributed by atoms with Crippen molar-refractivity contribution in [1.29, 1.82) is 0 Å². The molecule has 0 bridgehead atoms. The third-order valence-corrected chi connectivity index (χ3v) is 3.78. The molecule has 0 aromatic heterocycles. The van der Waals surface area contributed by atoms with Crippen LogP contribution in [0.25, 0.3) is 0 Å². The van der Waals surface area contributed by atoms with Crippen LogP contribution in [-0.2, 0) is 4.79 Å². The highest BCUT2D eigenvalue weighted by atomic mass is 35.5. The summed E-state index contributed by atoms with van der Waals surface area (Å²) in [7, 11) is 0. The van der Waals surface area contributed by atoms with Crippen molar-refractivity contribution in [2.45, 2.75) is 20.3 Å². The van der Waals surface area contributed by atoms with Gasteiger partial charge >= 0.3 is 5.97 Å². The van der Waals surface area contributed by atoms with Gasteiger partial charge in [-0.3, -0.25) is 9.59 Å². The first-order valence-corrected chi connectivity index (χ1v) is 6.49. The van der Waals surface area contributed by atoms with Gasteiger partial charge in [-0.25, -0.2) is 0 Å². The van der Waals surface area contributed by atoms with Gasteiger partial charge in [-0.2, -0.15) is 0 Å². The molecule has 4 nitrogen and oxygen atoms in total. The van der Waals surface area contributed by atoms with E-state index in [9.17, 15) is 14.7 Å². The molecule has 0 aliphatic carbocycles. The van der Waals surface area contributed by atoms with Gasteiger partial charge in [0.1, 0.15) is 0 Å². The summed E-state index contributed by atoms with van der Waals surface area (Å²) in [5.41, 5.74) is 0.583. The zero-order valence-corrected chi connectivity index (χ0v) is 11.7. The molecular formula is C14H16ClNO3. The van der Waals surface area contributed by atoms with E-state index in [1.807, 2.05) is 6.92 Å². The SMILES string of the molecule is Cc1cc(Cl)cc(C(=O)N2CCC(C)(C(=O)O)C2)c1. The Morgan fingerprint density at radius 3 is 2.58 bits per heavy atom. The number of carboxylic acid groups (broad SMARTS) is 1. The first-order chi connectivity index (χ1) is 8.82. The van der Waals surface area contributed by atoms with Gasteiger partial charge in [-0.1, -0.05) is 11.6 Å². The van der Waals surface area contributed by atoms with Crippen LogP contribution in [-0.4, -0.2) is 35.0 Å². The predicted molar refractivity (Wildman–Crippen MR) is 72.5 cm³/mol. The summed E-state index contributed by atoms with van der Waals surface area (Å²) < 4.78 is 0. The summed E-state index contributed by atoms with van der Waals surface area (Å²) in [6.07, 6.45) is 0.480. The molecule has 1 saturated heterocycles. The van der Waals surface area contributed by atoms with Crippen LogP contribution in [0.15, 0.2) is 18.2 Å². The van der Waals surface area contributed by atoms with E-state index in [4.69, 9.17) is 11.6 Å². The van der Waals surface area contributed by atoms with Gasteiger partial charge in [0.15, 0.2) is 0 Å². The van der Waals surface area contributed by atoms with Crippen molar-refractivity contribution >= 4 is 23.5 Å². The van der Waals surface area contributed by atoms with E-state index in [2.05, 4.69) is 0 Å². The number of nitrogens with zero attached hydrogens (tertiary/aromatic N) is 1. The minimum atomic E-state index is -0.856. The van der Waals surface area contributed by atoms with Crippen molar-refractivity contribution < 1.29 is 14.7 Å². The molecular weight excluding hydrogens is 266 g/mol. The third kappa shape index (κ3) is 2.73. The van der Waals surface area contributed by atoms with Crippen molar-refractivity contribution in [2.75, 3.05) is 13.1 Å². The number of hydrogen-bond acceptors (Lipinski definition) is 2. The van der Waals surface area contributed by atoms with E-state index < -0.39 is 11.4 Å². The zero-order chi connectivity index (χ0) is 14.2. The molecule has 102 valence electrons. The lowest BCUT2D eigenvalue weighted by molar-refractivity contribution is -0.147. The predicted octanol–water partition coefficient (Wildman–Crippen LogP) is 2.59. The van der Waals surface area contributed by atoms with Gasteiger partial charge in [0.05, 0.1) is 5.41 Å². The quantitative estimate of drug-likeness (QED) is 0.906. The Morgan fingerprint density at radius 1 is 1.37 bits per heavy atom. The van der Waals surface area contributed by atoms with E-state index in [0.29, 0.717) is 23.6 Å². The number of rotatable bonds is 2. The van der Waals surface area contributed by atoms with Crippen LogP contribution in [0.5, 0.6) is 0 Å². The fraction of sp³-hybridized carbons (Fsp3) is 0.429. The molecule has 1 aliphatic rings. The normalized spacial score (nSPS) is 22.6. The van der Waals surface area contributed by atoms with Gasteiger partial charge in [-0.05, 0) is 44.0 Å². The number of hydrogen-bond donors (Lipinski definition) is 1. The van der Waals surface area contributed by atoms with Crippen LogP contribution in [0.1, 0.15) is 29.3 Å². The largest absolute Gasteiger partial charge is 0.481 e. The Bertz CT molecular complexity index is 523. The summed E-state index contributed by atoms with van der Waals surface area (Å²) >= 11 is 5.94. The summed E-state index contributed by atoms with van der Waals surface area (Å²) in [4.78, 5) is 25.1. The molecule has 1 aromatic carbocycles. The number of carbonyl (C=O) groups excluding carboxylic acids is 1. The Labute approximate surface area is 117 Å². The maximum Gasteiger partial charge on any atom is 0.311 e. The lowest BCUT2D eigenvalue weighted by Gasteiger charge is -2.20. The second-order valence-electron chi connectivity index (χ2n) is 5.36. The molecule has 1 fully saturated rings. The average molecular weight is 282 g/mol. The third-order valence-electron chi connectivity index (χ3n) is 3.57. The lowest BCUT2D eigenvalue weighted by Crippen LogP contribution is -2.34. The monoisotopic (exact) mass is 281 g/mol. The molecule has 2 rings (SSSR count). The first-order valence-electron chi connectivity index (χ1n) is 6.12. The Morgan fingerprint density at radius 2 is 2.05 bits per heavy atom. The van der Waals surface area contributed by atoms with Crippen LogP contribution in [0.2, 0.25) is 5.02 Å². The van der Waals surface area contributed by atoms with Crippen LogP contribution >= 0.6 is 11.6 Å². The van der Waals surface area contributed by atoms with Gasteiger partial charge < -0.3 is 10.0 Å². The van der Waals surface area contributed by atoms with E-state index in [1.54, 1.807) is 30.0 Å². The van der Waals surface area contributed by atoms with Crippen molar-refractivity contribution in [3.05, 3.63) is 34.3 Å². The number of likely N-dealkylation sites (tertiary alicyclic amines) is 1. The topological polar surface area (TPSA) is 57.6 Å². The number of carbonyl (C=O) groups is 2. The first kappa shape index (κ1) is 13.9. The number of halogens is 1. The van der Waals surface area contributed by atoms with Crippen molar-refractivity contribution in [1.82, 2.24) is 4.90 Å². The summed E-state index contributed by atoms with van der Waals surface area (Å²) in [5.74, 6) is -1.01. The van der Waals surface area contributed by atoms with Crippen molar-refractivity contribution in [2.24, 2.45) is 5.41 Å². The number of aliphatic carboxylic acids is 1. The highest BCUT2D eigenvalue weighted by Gasteiger charge is 2.42. The van der Waals surface area contributed by atoms with E-state index in [0.717, 1.165) is 5.56 Å². The smallest absolute Gasteiger partial charge is 0.311 e. The standard InChI is InChI=1S/C14H16ClNO3/c1-9-5-10(7-11(15)6-9)12(17)16-4-3-14(2,8-16)13(18)19/h5-7H,3-4,8H2,1-2H3,(H,18,19). The Kier molecular flexibility index (Phi) is 3.54. The van der Waals surface area contributed by atoms with Gasteiger partial charge in [0.25, 0.3) is 5.91 Å². The van der Waals surface area contributed by atoms with Gasteiger partial charge in [0, 0.05) is 23.7 Å². The second kappa shape index (κ2) is 4.85. The molecule has 1 amide bonds. The number of benzene rings is 1. The fourth-order valence-corrected chi connectivity index (χ4v) is 2.64. The molecule has 0 spiro atoms.